The third-order valence-corrected chi connectivity index (χ3v) is 7.20. The van der Waals surface area contributed by atoms with E-state index in [2.05, 4.69) is 0 Å². The predicted octanol–water partition coefficient (Wildman–Crippen LogP) is 0.790. The molecule has 0 aromatic rings. The molecule has 0 saturated heterocycles. The van der Waals surface area contributed by atoms with Crippen LogP contribution in [0.15, 0.2) is 0 Å². The third-order valence-electron chi connectivity index (χ3n) is 2.83. The second-order valence-electron chi connectivity index (χ2n) is 4.49. The van der Waals surface area contributed by atoms with E-state index in [1.165, 1.54) is 0 Å². The zero-order valence-electron chi connectivity index (χ0n) is 9.81. The maximum absolute atomic E-state index is 10.5. The molecule has 0 aromatic carbocycles. The summed E-state index contributed by atoms with van der Waals surface area (Å²) in [6.07, 6.45) is 1.26. The second-order valence-corrected chi connectivity index (χ2v) is 9.61. The average Bonchev–Trinajstić information content (AvgIpc) is 2.21. The Morgan fingerprint density at radius 3 is 1.18 bits per heavy atom. The number of carboxylic acid groups (broad SMARTS) is 3. The number of carbonyl (C=O) groups is 3. The van der Waals surface area contributed by atoms with Crippen molar-refractivity contribution in [1.82, 2.24) is 0 Å². The van der Waals surface area contributed by atoms with Gasteiger partial charge in [0.15, 0.2) is 0 Å². The molecule has 7 heteroatoms. The van der Waals surface area contributed by atoms with E-state index >= 15 is 0 Å². The molecule has 0 heterocycles. The van der Waals surface area contributed by atoms with Crippen molar-refractivity contribution in [1.29, 1.82) is 0 Å². The molecule has 6 nitrogen and oxygen atoms in total. The normalized spacial score (nSPS) is 12.1. The summed E-state index contributed by atoms with van der Waals surface area (Å²) in [7, 11) is -2.08. The summed E-state index contributed by atoms with van der Waals surface area (Å²) in [5.74, 6) is -2.77. The van der Waals surface area contributed by atoms with Crippen LogP contribution >= 0.6 is 7.26 Å². The zero-order chi connectivity index (χ0) is 13.5. The van der Waals surface area contributed by atoms with Crippen molar-refractivity contribution in [2.45, 2.75) is 19.3 Å². The Bertz CT molecular complexity index is 256. The molecule has 0 aromatic heterocycles. The van der Waals surface area contributed by atoms with Gasteiger partial charge in [0.2, 0.25) is 0 Å². The van der Waals surface area contributed by atoms with E-state index in [0.717, 1.165) is 0 Å². The molecule has 0 bridgehead atoms. The van der Waals surface area contributed by atoms with Crippen LogP contribution in [0.1, 0.15) is 19.3 Å². The van der Waals surface area contributed by atoms with Gasteiger partial charge in [-0.25, -0.2) is 0 Å². The van der Waals surface area contributed by atoms with Gasteiger partial charge in [0.1, 0.15) is 0 Å². The van der Waals surface area contributed by atoms with E-state index in [1.54, 1.807) is 0 Å². The van der Waals surface area contributed by atoms with Crippen molar-refractivity contribution in [3.05, 3.63) is 0 Å². The average molecular weight is 266 g/mol. The van der Waals surface area contributed by atoms with Gasteiger partial charge in [0, 0.05) is 0 Å². The van der Waals surface area contributed by atoms with Gasteiger partial charge in [0.05, 0.1) is 0 Å². The third kappa shape index (κ3) is 8.63. The van der Waals surface area contributed by atoms with Gasteiger partial charge >= 0.3 is 99.3 Å². The second kappa shape index (κ2) is 7.22. The summed E-state index contributed by atoms with van der Waals surface area (Å²) in [5.41, 5.74) is 0. The Hall–Kier alpha value is -1.16. The van der Waals surface area contributed by atoms with Crippen LogP contribution < -0.4 is 0 Å². The molecule has 0 rings (SSSR count). The van der Waals surface area contributed by atoms with Crippen molar-refractivity contribution < 1.29 is 29.7 Å². The Balaban J connectivity index is 4.37. The number of rotatable bonds is 9. The SMILES string of the molecule is C[PH](CCC(=O)O)(CCC(=O)O)CCC(=O)O. The zero-order valence-corrected chi connectivity index (χ0v) is 10.8. The molecule has 17 heavy (non-hydrogen) atoms. The summed E-state index contributed by atoms with van der Waals surface area (Å²) >= 11 is 0. The molecule has 0 aliphatic rings. The minimum atomic E-state index is -2.08. The van der Waals surface area contributed by atoms with E-state index in [0.29, 0.717) is 18.5 Å². The fraction of sp³-hybridized carbons (Fsp3) is 0.700. The van der Waals surface area contributed by atoms with E-state index in [-0.39, 0.29) is 19.3 Å². The Morgan fingerprint density at radius 1 is 0.765 bits per heavy atom. The van der Waals surface area contributed by atoms with Gasteiger partial charge in [0.25, 0.3) is 0 Å². The molecule has 0 spiro atoms. The first-order valence-corrected chi connectivity index (χ1v) is 8.53. The van der Waals surface area contributed by atoms with Crippen LogP contribution in [0.3, 0.4) is 0 Å². The monoisotopic (exact) mass is 266 g/mol. The molecular weight excluding hydrogens is 247 g/mol. The summed E-state index contributed by atoms with van der Waals surface area (Å²) in [4.78, 5) is 31.5. The van der Waals surface area contributed by atoms with Crippen molar-refractivity contribution in [2.24, 2.45) is 0 Å². The summed E-state index contributed by atoms with van der Waals surface area (Å²) in [6, 6.07) is 0. The summed E-state index contributed by atoms with van der Waals surface area (Å²) in [5, 5.41) is 25.9. The van der Waals surface area contributed by atoms with Crippen LogP contribution in [0.4, 0.5) is 0 Å². The number of aliphatic carboxylic acids is 3. The van der Waals surface area contributed by atoms with Crippen LogP contribution in [-0.4, -0.2) is 58.4 Å². The fourth-order valence-electron chi connectivity index (χ4n) is 1.60. The number of carboxylic acids is 3. The fourth-order valence-corrected chi connectivity index (χ4v) is 4.80. The Kier molecular flexibility index (Phi) is 6.73. The summed E-state index contributed by atoms with van der Waals surface area (Å²) in [6.45, 7) is 1.88. The van der Waals surface area contributed by atoms with Gasteiger partial charge in [-0.2, -0.15) is 0 Å². The maximum atomic E-state index is 10.5. The van der Waals surface area contributed by atoms with Crippen LogP contribution in [-0.2, 0) is 14.4 Å². The predicted molar refractivity (Wildman–Crippen MR) is 65.6 cm³/mol. The van der Waals surface area contributed by atoms with Gasteiger partial charge < -0.3 is 0 Å². The van der Waals surface area contributed by atoms with E-state index in [9.17, 15) is 14.4 Å². The van der Waals surface area contributed by atoms with Crippen molar-refractivity contribution in [3.63, 3.8) is 0 Å². The van der Waals surface area contributed by atoms with Crippen LogP contribution in [0.2, 0.25) is 0 Å². The molecule has 0 saturated carbocycles. The molecule has 3 N–H and O–H groups in total. The molecule has 0 atom stereocenters. The van der Waals surface area contributed by atoms with Gasteiger partial charge in [-0.3, -0.25) is 0 Å². The standard InChI is InChI=1S/C10H19O6P/c1-17(5-2-8(11)12,6-3-9(13)14)7-4-10(15)16/h17H,2-7H2,1H3,(H,11,12)(H,13,14)(H,15,16). The molecule has 0 fully saturated rings. The number of hydrogen-bond donors (Lipinski definition) is 3. The van der Waals surface area contributed by atoms with Crippen LogP contribution in [0.5, 0.6) is 0 Å². The topological polar surface area (TPSA) is 112 Å². The van der Waals surface area contributed by atoms with Gasteiger partial charge in [-0.05, 0) is 0 Å². The molecule has 100 valence electrons. The molecule has 0 unspecified atom stereocenters. The first-order chi connectivity index (χ1) is 7.75. The molecule has 0 aliphatic carbocycles. The van der Waals surface area contributed by atoms with E-state index < -0.39 is 25.2 Å². The Labute approximate surface area is 100.0 Å². The summed E-state index contributed by atoms with van der Waals surface area (Å²) < 4.78 is 0. The molecule has 0 amide bonds. The first-order valence-electron chi connectivity index (χ1n) is 5.40. The minimum absolute atomic E-state index is 0.0119. The quantitative estimate of drug-likeness (QED) is 0.532. The first kappa shape index (κ1) is 15.8. The van der Waals surface area contributed by atoms with Crippen molar-refractivity contribution in [3.8, 4) is 0 Å². The van der Waals surface area contributed by atoms with Gasteiger partial charge in [-0.15, -0.1) is 0 Å². The van der Waals surface area contributed by atoms with Crippen LogP contribution in [0.25, 0.3) is 0 Å². The van der Waals surface area contributed by atoms with Crippen molar-refractivity contribution in [2.75, 3.05) is 25.2 Å². The Morgan fingerprint density at radius 2 is 1.00 bits per heavy atom. The van der Waals surface area contributed by atoms with E-state index in [1.807, 2.05) is 6.66 Å². The molecule has 0 aliphatic heterocycles. The molecule has 0 radical (unpaired) electrons. The van der Waals surface area contributed by atoms with Crippen molar-refractivity contribution >= 4 is 25.2 Å². The van der Waals surface area contributed by atoms with Gasteiger partial charge in [-0.1, -0.05) is 0 Å². The number of hydrogen-bond acceptors (Lipinski definition) is 3. The van der Waals surface area contributed by atoms with Crippen LogP contribution in [0, 0.1) is 0 Å². The molecular formula is C10H19O6P. The van der Waals surface area contributed by atoms with E-state index in [4.69, 9.17) is 15.3 Å².